The van der Waals surface area contributed by atoms with Crippen molar-refractivity contribution in [2.24, 2.45) is 0 Å². The van der Waals surface area contributed by atoms with E-state index in [-0.39, 0.29) is 5.57 Å². The number of thiophene rings is 1. The number of amides is 1. The van der Waals surface area contributed by atoms with Gasteiger partial charge in [-0.15, -0.1) is 22.7 Å². The highest BCUT2D eigenvalue weighted by Crippen LogP contribution is 2.32. The summed E-state index contributed by atoms with van der Waals surface area (Å²) in [5.74, 6) is 0.251. The van der Waals surface area contributed by atoms with Crippen LogP contribution in [0.3, 0.4) is 0 Å². The molecule has 4 rings (SSSR count). The number of carbonyl (C=O) groups is 1. The monoisotopic (exact) mass is 471 g/mol. The molecule has 3 heterocycles. The van der Waals surface area contributed by atoms with Crippen LogP contribution in [-0.4, -0.2) is 10.9 Å². The Labute approximate surface area is 189 Å². The van der Waals surface area contributed by atoms with E-state index in [2.05, 4.69) is 10.3 Å². The van der Waals surface area contributed by atoms with E-state index in [1.54, 1.807) is 41.7 Å². The number of carbonyl (C=O) groups excluding carboxylic acids is 1. The van der Waals surface area contributed by atoms with Crippen LogP contribution in [0.2, 0.25) is 10.0 Å². The Kier molecular flexibility index (Phi) is 6.02. The first-order chi connectivity index (χ1) is 14.5. The standard InChI is InChI=1S/C21H11Cl2N3O2S2/c22-13-3-5-16(23)15(9-13)18-6-4-14(28-18)8-12(10-24)20(27)26-21-25-17(11-30-21)19-2-1-7-29-19/h1-9,11H,(H,25,26,27)/b12-8+. The summed E-state index contributed by atoms with van der Waals surface area (Å²) >= 11 is 15.1. The zero-order chi connectivity index (χ0) is 21.1. The third-order valence-corrected chi connectivity index (χ3v) is 6.19. The van der Waals surface area contributed by atoms with E-state index >= 15 is 0 Å². The van der Waals surface area contributed by atoms with Crippen LogP contribution in [0.15, 0.2) is 63.2 Å². The maximum absolute atomic E-state index is 12.5. The van der Waals surface area contributed by atoms with Crippen LogP contribution in [0.1, 0.15) is 5.76 Å². The Hall–Kier alpha value is -2.89. The summed E-state index contributed by atoms with van der Waals surface area (Å²) in [6.07, 6.45) is 1.37. The number of hydrogen-bond acceptors (Lipinski definition) is 6. The van der Waals surface area contributed by atoms with Gasteiger partial charge in [0.25, 0.3) is 5.91 Å². The highest BCUT2D eigenvalue weighted by atomic mass is 35.5. The second-order valence-electron chi connectivity index (χ2n) is 5.97. The average molecular weight is 472 g/mol. The molecule has 0 aliphatic heterocycles. The van der Waals surface area contributed by atoms with Crippen molar-refractivity contribution in [2.45, 2.75) is 0 Å². The number of hydrogen-bond donors (Lipinski definition) is 1. The van der Waals surface area contributed by atoms with Gasteiger partial charge >= 0.3 is 0 Å². The number of nitrogens with one attached hydrogen (secondary N) is 1. The zero-order valence-corrected chi connectivity index (χ0v) is 18.2. The van der Waals surface area contributed by atoms with Crippen LogP contribution >= 0.6 is 45.9 Å². The quantitative estimate of drug-likeness (QED) is 0.251. The minimum atomic E-state index is -0.566. The number of nitrogens with zero attached hydrogens (tertiary/aromatic N) is 2. The SMILES string of the molecule is N#C/C(=C\c1ccc(-c2cc(Cl)ccc2Cl)o1)C(=O)Nc1nc(-c2cccs2)cs1. The van der Waals surface area contributed by atoms with Crippen LogP contribution in [0, 0.1) is 11.3 Å². The van der Waals surface area contributed by atoms with Crippen molar-refractivity contribution in [1.82, 2.24) is 4.98 Å². The first-order valence-corrected chi connectivity index (χ1v) is 11.0. The van der Waals surface area contributed by atoms with Crippen molar-refractivity contribution in [3.8, 4) is 28.0 Å². The summed E-state index contributed by atoms with van der Waals surface area (Å²) in [4.78, 5) is 17.9. The largest absolute Gasteiger partial charge is 0.457 e. The second-order valence-corrected chi connectivity index (χ2v) is 8.61. The summed E-state index contributed by atoms with van der Waals surface area (Å²) in [6, 6.07) is 14.2. The van der Waals surface area contributed by atoms with Crippen LogP contribution in [0.4, 0.5) is 5.13 Å². The van der Waals surface area contributed by atoms with E-state index in [4.69, 9.17) is 27.6 Å². The van der Waals surface area contributed by atoms with Gasteiger partial charge in [0.1, 0.15) is 23.2 Å². The van der Waals surface area contributed by atoms with Crippen LogP contribution < -0.4 is 5.32 Å². The van der Waals surface area contributed by atoms with E-state index < -0.39 is 5.91 Å². The first-order valence-electron chi connectivity index (χ1n) is 8.51. The van der Waals surface area contributed by atoms with Gasteiger partial charge in [0, 0.05) is 22.0 Å². The zero-order valence-electron chi connectivity index (χ0n) is 15.1. The molecule has 9 heteroatoms. The first kappa shape index (κ1) is 20.4. The van der Waals surface area contributed by atoms with Crippen LogP contribution in [0.25, 0.3) is 28.0 Å². The average Bonchev–Trinajstić information content (AvgIpc) is 3.49. The molecule has 0 radical (unpaired) electrons. The lowest BCUT2D eigenvalue weighted by Gasteiger charge is -2.01. The molecule has 0 aliphatic carbocycles. The summed E-state index contributed by atoms with van der Waals surface area (Å²) in [5.41, 5.74) is 1.29. The lowest BCUT2D eigenvalue weighted by atomic mass is 10.2. The minimum Gasteiger partial charge on any atom is -0.457 e. The number of thiazole rings is 1. The Balaban J connectivity index is 1.53. The van der Waals surface area contributed by atoms with Gasteiger partial charge < -0.3 is 4.42 Å². The van der Waals surface area contributed by atoms with Gasteiger partial charge in [-0.25, -0.2) is 4.98 Å². The molecule has 0 spiro atoms. The van der Waals surface area contributed by atoms with E-state index in [0.717, 1.165) is 10.6 Å². The highest BCUT2D eigenvalue weighted by molar-refractivity contribution is 7.16. The molecule has 0 saturated heterocycles. The Morgan fingerprint density at radius 3 is 2.83 bits per heavy atom. The normalized spacial score (nSPS) is 11.3. The molecule has 148 valence electrons. The predicted octanol–water partition coefficient (Wildman–Crippen LogP) is 6.98. The van der Waals surface area contributed by atoms with Crippen LogP contribution in [-0.2, 0) is 4.79 Å². The maximum atomic E-state index is 12.5. The van der Waals surface area contributed by atoms with Gasteiger partial charge in [-0.3, -0.25) is 10.1 Å². The molecule has 0 bridgehead atoms. The fourth-order valence-corrected chi connectivity index (χ4v) is 4.43. The van der Waals surface area contributed by atoms with Crippen molar-refractivity contribution < 1.29 is 9.21 Å². The molecular weight excluding hydrogens is 461 g/mol. The molecule has 3 aromatic heterocycles. The van der Waals surface area contributed by atoms with Gasteiger partial charge in [0.15, 0.2) is 5.13 Å². The summed E-state index contributed by atoms with van der Waals surface area (Å²) < 4.78 is 5.73. The molecule has 0 atom stereocenters. The lowest BCUT2D eigenvalue weighted by Crippen LogP contribution is -2.13. The molecule has 1 N–H and O–H groups in total. The van der Waals surface area contributed by atoms with E-state index in [9.17, 15) is 10.1 Å². The molecule has 0 saturated carbocycles. The second kappa shape index (κ2) is 8.86. The molecule has 1 aromatic carbocycles. The predicted molar refractivity (Wildman–Crippen MR) is 122 cm³/mol. The van der Waals surface area contributed by atoms with E-state index in [1.165, 1.54) is 17.4 Å². The summed E-state index contributed by atoms with van der Waals surface area (Å²) in [5, 5.41) is 17.3. The van der Waals surface area contributed by atoms with Crippen molar-refractivity contribution in [1.29, 1.82) is 5.26 Å². The van der Waals surface area contributed by atoms with Gasteiger partial charge in [-0.05, 0) is 41.8 Å². The van der Waals surface area contributed by atoms with E-state index in [1.807, 2.05) is 29.0 Å². The van der Waals surface area contributed by atoms with Crippen molar-refractivity contribution in [3.05, 3.63) is 74.6 Å². The van der Waals surface area contributed by atoms with Gasteiger partial charge in [0.05, 0.1) is 15.6 Å². The molecule has 5 nitrogen and oxygen atoms in total. The third kappa shape index (κ3) is 4.48. The summed E-state index contributed by atoms with van der Waals surface area (Å²) in [7, 11) is 0. The van der Waals surface area contributed by atoms with Crippen molar-refractivity contribution in [3.63, 3.8) is 0 Å². The van der Waals surface area contributed by atoms with Crippen molar-refractivity contribution in [2.75, 3.05) is 5.32 Å². The van der Waals surface area contributed by atoms with Gasteiger partial charge in [-0.2, -0.15) is 5.26 Å². The maximum Gasteiger partial charge on any atom is 0.268 e. The van der Waals surface area contributed by atoms with Gasteiger partial charge in [-0.1, -0.05) is 29.3 Å². The molecule has 30 heavy (non-hydrogen) atoms. The number of anilines is 1. The Bertz CT molecular complexity index is 1280. The van der Waals surface area contributed by atoms with Crippen molar-refractivity contribution >= 4 is 63.0 Å². The number of furan rings is 1. The number of rotatable bonds is 5. The fraction of sp³-hybridized carbons (Fsp3) is 0. The lowest BCUT2D eigenvalue weighted by molar-refractivity contribution is -0.112. The molecule has 1 amide bonds. The molecular formula is C21H11Cl2N3O2S2. The third-order valence-electron chi connectivity index (χ3n) is 3.97. The number of nitriles is 1. The summed E-state index contributed by atoms with van der Waals surface area (Å²) in [6.45, 7) is 0. The topological polar surface area (TPSA) is 78.9 Å². The Morgan fingerprint density at radius 1 is 1.20 bits per heavy atom. The molecule has 4 aromatic rings. The molecule has 0 unspecified atom stereocenters. The number of aromatic nitrogens is 1. The number of benzene rings is 1. The molecule has 0 fully saturated rings. The molecule has 0 aliphatic rings. The highest BCUT2D eigenvalue weighted by Gasteiger charge is 2.15. The smallest absolute Gasteiger partial charge is 0.268 e. The minimum absolute atomic E-state index is 0.110. The van der Waals surface area contributed by atoms with Gasteiger partial charge in [0.2, 0.25) is 0 Å². The fourth-order valence-electron chi connectivity index (χ4n) is 2.59. The van der Waals surface area contributed by atoms with Crippen LogP contribution in [0.5, 0.6) is 0 Å². The van der Waals surface area contributed by atoms with E-state index in [0.29, 0.717) is 32.3 Å². The number of halogens is 2. The Morgan fingerprint density at radius 2 is 2.07 bits per heavy atom.